The van der Waals surface area contributed by atoms with Gasteiger partial charge in [-0.3, -0.25) is 14.4 Å². The molecule has 140 valence electrons. The predicted octanol–water partition coefficient (Wildman–Crippen LogP) is 2.41. The number of carboxylic acid groups (broad SMARTS) is 1. The summed E-state index contributed by atoms with van der Waals surface area (Å²) in [6.07, 6.45) is 6.41. The highest BCUT2D eigenvalue weighted by Gasteiger charge is 2.22. The first-order chi connectivity index (χ1) is 12.3. The van der Waals surface area contributed by atoms with E-state index in [-0.39, 0.29) is 5.56 Å². The van der Waals surface area contributed by atoms with Crippen LogP contribution in [0, 0.1) is 0 Å². The number of para-hydroxylation sites is 1. The van der Waals surface area contributed by atoms with Crippen molar-refractivity contribution in [1.82, 2.24) is 9.88 Å². The van der Waals surface area contributed by atoms with Crippen molar-refractivity contribution < 1.29 is 27.1 Å². The molecule has 1 aromatic carbocycles. The third-order valence-corrected chi connectivity index (χ3v) is 4.29. The molecule has 3 rings (SSSR count). The number of nitrogens with zero attached hydrogens (tertiary/aromatic N) is 2. The molecule has 1 aliphatic rings. The second kappa shape index (κ2) is 8.75. The van der Waals surface area contributed by atoms with E-state index in [9.17, 15) is 13.2 Å². The van der Waals surface area contributed by atoms with Crippen LogP contribution in [0.3, 0.4) is 0 Å². The molecule has 2 heterocycles. The molecule has 2 aromatic rings. The van der Waals surface area contributed by atoms with Crippen LogP contribution in [-0.2, 0) is 10.4 Å². The monoisotopic (exact) mass is 380 g/mol. The highest BCUT2D eigenvalue weighted by atomic mass is 32.3. The Morgan fingerprint density at radius 2 is 2.00 bits per heavy atom. The van der Waals surface area contributed by atoms with Crippen LogP contribution in [0.25, 0.3) is 0 Å². The van der Waals surface area contributed by atoms with Crippen molar-refractivity contribution in [2.45, 2.75) is 18.9 Å². The molecule has 0 spiro atoms. The van der Waals surface area contributed by atoms with Gasteiger partial charge >= 0.3 is 16.4 Å². The zero-order valence-electron chi connectivity index (χ0n) is 14.1. The summed E-state index contributed by atoms with van der Waals surface area (Å²) in [5.74, 6) is -1.77. The molecule has 1 aromatic heterocycles. The molecule has 1 saturated heterocycles. The number of carboxylic acids is 1. The lowest BCUT2D eigenvalue weighted by Gasteiger charge is -2.18. The maximum Gasteiger partial charge on any atom is 0.446 e. The van der Waals surface area contributed by atoms with E-state index in [4.69, 9.17) is 9.66 Å². The summed E-state index contributed by atoms with van der Waals surface area (Å²) >= 11 is 0. The molecule has 1 aliphatic heterocycles. The number of aromatic nitrogens is 1. The molecule has 2 N–H and O–H groups in total. The number of benzene rings is 1. The molecule has 1 atom stereocenters. The van der Waals surface area contributed by atoms with Crippen molar-refractivity contribution in [2.24, 2.45) is 0 Å². The van der Waals surface area contributed by atoms with E-state index >= 15 is 0 Å². The predicted molar refractivity (Wildman–Crippen MR) is 94.4 cm³/mol. The van der Waals surface area contributed by atoms with Crippen molar-refractivity contribution in [2.75, 3.05) is 13.6 Å². The van der Waals surface area contributed by atoms with Gasteiger partial charge in [0, 0.05) is 18.4 Å². The van der Waals surface area contributed by atoms with Crippen molar-refractivity contribution in [3.63, 3.8) is 0 Å². The average Bonchev–Trinajstić information content (AvgIpc) is 3.01. The van der Waals surface area contributed by atoms with E-state index in [0.29, 0.717) is 6.04 Å². The summed E-state index contributed by atoms with van der Waals surface area (Å²) in [5, 5.41) is 8.61. The molecule has 0 radical (unpaired) electrons. The number of aromatic carboxylic acids is 1. The first kappa shape index (κ1) is 19.8. The Bertz CT molecular complexity index is 841. The lowest BCUT2D eigenvalue weighted by atomic mass is 10.1. The summed E-state index contributed by atoms with van der Waals surface area (Å²) < 4.78 is 33.0. The largest absolute Gasteiger partial charge is 0.478 e. The Morgan fingerprint density at radius 1 is 1.27 bits per heavy atom. The minimum atomic E-state index is -4.70. The van der Waals surface area contributed by atoms with Crippen LogP contribution in [-0.4, -0.2) is 47.5 Å². The number of likely N-dealkylation sites (tertiary alicyclic amines) is 1. The van der Waals surface area contributed by atoms with Crippen LogP contribution in [0.15, 0.2) is 48.8 Å². The maximum absolute atomic E-state index is 10.6. The molecule has 0 aliphatic carbocycles. The minimum Gasteiger partial charge on any atom is -0.478 e. The first-order valence-electron chi connectivity index (χ1n) is 7.87. The van der Waals surface area contributed by atoms with Gasteiger partial charge in [-0.25, -0.2) is 4.79 Å². The molecule has 0 bridgehead atoms. The van der Waals surface area contributed by atoms with Crippen LogP contribution in [0.5, 0.6) is 5.75 Å². The molecular weight excluding hydrogens is 360 g/mol. The van der Waals surface area contributed by atoms with E-state index in [2.05, 4.69) is 27.2 Å². The van der Waals surface area contributed by atoms with Gasteiger partial charge in [-0.15, -0.1) is 0 Å². The van der Waals surface area contributed by atoms with Crippen molar-refractivity contribution in [3.05, 3.63) is 59.9 Å². The van der Waals surface area contributed by atoms with Crippen LogP contribution in [0.1, 0.15) is 34.8 Å². The fourth-order valence-electron chi connectivity index (χ4n) is 2.73. The van der Waals surface area contributed by atoms with Crippen LogP contribution in [0.4, 0.5) is 0 Å². The Kier molecular flexibility index (Phi) is 6.67. The second-order valence-electron chi connectivity index (χ2n) is 5.74. The van der Waals surface area contributed by atoms with Gasteiger partial charge in [-0.05, 0) is 50.2 Å². The minimum absolute atomic E-state index is 0.342. The van der Waals surface area contributed by atoms with E-state index in [0.717, 1.165) is 12.1 Å². The second-order valence-corrected chi connectivity index (χ2v) is 6.76. The quantitative estimate of drug-likeness (QED) is 0.777. The van der Waals surface area contributed by atoms with Gasteiger partial charge in [0.2, 0.25) is 0 Å². The number of pyridine rings is 1. The summed E-state index contributed by atoms with van der Waals surface area (Å²) in [4.78, 5) is 17.1. The third-order valence-electron chi connectivity index (χ3n) is 3.90. The maximum atomic E-state index is 10.6. The number of rotatable bonds is 4. The van der Waals surface area contributed by atoms with E-state index in [1.54, 1.807) is 0 Å². The standard InChI is InChI=1S/C10H14N2.C7H6O6S/c1-12-7-3-5-10(12)9-4-2-6-11-8-9;8-7(9)5-3-1-2-4-6(5)13-14(10,11)12/h2,4,6,8,10H,3,5,7H2,1H3;1-4H,(H,8,9)(H,10,11,12). The highest BCUT2D eigenvalue weighted by molar-refractivity contribution is 7.81. The van der Waals surface area contributed by atoms with Gasteiger partial charge in [0.25, 0.3) is 0 Å². The van der Waals surface area contributed by atoms with E-state index < -0.39 is 22.1 Å². The Hall–Kier alpha value is -2.49. The lowest BCUT2D eigenvalue weighted by molar-refractivity contribution is 0.0695. The highest BCUT2D eigenvalue weighted by Crippen LogP contribution is 2.29. The summed E-state index contributed by atoms with van der Waals surface area (Å²) in [6.45, 7) is 1.22. The third kappa shape index (κ3) is 5.80. The van der Waals surface area contributed by atoms with Gasteiger partial charge in [0.05, 0.1) is 0 Å². The van der Waals surface area contributed by atoms with Gasteiger partial charge in [0.1, 0.15) is 5.56 Å². The molecule has 9 heteroatoms. The van der Waals surface area contributed by atoms with Gasteiger partial charge in [0.15, 0.2) is 5.75 Å². The normalized spacial score (nSPS) is 17.2. The van der Waals surface area contributed by atoms with E-state index in [1.807, 2.05) is 18.5 Å². The smallest absolute Gasteiger partial charge is 0.446 e. The summed E-state index contributed by atoms with van der Waals surface area (Å²) in [6, 6.07) is 9.85. The molecule has 1 unspecified atom stereocenters. The molecule has 26 heavy (non-hydrogen) atoms. The van der Waals surface area contributed by atoms with Gasteiger partial charge < -0.3 is 9.29 Å². The van der Waals surface area contributed by atoms with Crippen LogP contribution >= 0.6 is 0 Å². The number of carbonyl (C=O) groups is 1. The fraction of sp³-hybridized carbons (Fsp3) is 0.294. The summed E-state index contributed by atoms with van der Waals surface area (Å²) in [5.41, 5.74) is 1.02. The lowest BCUT2D eigenvalue weighted by Crippen LogP contribution is -2.17. The van der Waals surface area contributed by atoms with Crippen LogP contribution in [0.2, 0.25) is 0 Å². The average molecular weight is 380 g/mol. The zero-order valence-corrected chi connectivity index (χ0v) is 15.0. The summed E-state index contributed by atoms with van der Waals surface area (Å²) in [7, 11) is -2.51. The van der Waals surface area contributed by atoms with Crippen molar-refractivity contribution >= 4 is 16.4 Å². The Balaban J connectivity index is 0.000000189. The Labute approximate surface area is 152 Å². The molecule has 1 fully saturated rings. The SMILES string of the molecule is CN1CCCC1c1cccnc1.O=C(O)c1ccccc1OS(=O)(=O)O. The molecule has 8 nitrogen and oxygen atoms in total. The molecular formula is C17H20N2O6S. The zero-order chi connectivity index (χ0) is 19.2. The Morgan fingerprint density at radius 3 is 2.54 bits per heavy atom. The van der Waals surface area contributed by atoms with E-state index in [1.165, 1.54) is 37.1 Å². The van der Waals surface area contributed by atoms with Crippen molar-refractivity contribution in [1.29, 1.82) is 0 Å². The number of hydrogen-bond acceptors (Lipinski definition) is 6. The van der Waals surface area contributed by atoms with Crippen LogP contribution < -0.4 is 4.18 Å². The molecule has 0 saturated carbocycles. The van der Waals surface area contributed by atoms with Gasteiger partial charge in [-0.2, -0.15) is 8.42 Å². The fourth-order valence-corrected chi connectivity index (χ4v) is 3.11. The van der Waals surface area contributed by atoms with Crippen molar-refractivity contribution in [3.8, 4) is 5.75 Å². The topological polar surface area (TPSA) is 117 Å². The van der Waals surface area contributed by atoms with Gasteiger partial charge in [-0.1, -0.05) is 18.2 Å². The molecule has 0 amide bonds. The number of hydrogen-bond donors (Lipinski definition) is 2. The first-order valence-corrected chi connectivity index (χ1v) is 9.24.